The lowest BCUT2D eigenvalue weighted by Crippen LogP contribution is -2.13. The molecule has 0 radical (unpaired) electrons. The fourth-order valence-corrected chi connectivity index (χ4v) is 1.53. The van der Waals surface area contributed by atoms with E-state index in [0.29, 0.717) is 13.2 Å². The van der Waals surface area contributed by atoms with Crippen LogP contribution in [0.2, 0.25) is 0 Å². The number of aliphatic hydroxyl groups is 4. The summed E-state index contributed by atoms with van der Waals surface area (Å²) >= 11 is 0. The fraction of sp³-hybridized carbons (Fsp3) is 0.692. The second-order valence-corrected chi connectivity index (χ2v) is 4.02. The lowest BCUT2D eigenvalue weighted by Gasteiger charge is -2.03. The van der Waals surface area contributed by atoms with E-state index in [1.165, 1.54) is 12.5 Å². The largest absolute Gasteiger partial charge is 0.501 e. The van der Waals surface area contributed by atoms with Crippen LogP contribution in [-0.4, -0.2) is 59.1 Å². The molecule has 0 amide bonds. The van der Waals surface area contributed by atoms with Gasteiger partial charge in [-0.15, -0.1) is 0 Å². The fourth-order valence-electron chi connectivity index (χ4n) is 1.53. The van der Waals surface area contributed by atoms with E-state index in [1.807, 2.05) is 0 Å². The van der Waals surface area contributed by atoms with Crippen LogP contribution in [0.25, 0.3) is 0 Å². The average molecular weight is 276 g/mol. The summed E-state index contributed by atoms with van der Waals surface area (Å²) in [6.45, 7) is 0.836. The van der Waals surface area contributed by atoms with Crippen molar-refractivity contribution in [1.82, 2.24) is 0 Å². The minimum atomic E-state index is -0.715. The Morgan fingerprint density at radius 2 is 1.26 bits per heavy atom. The summed E-state index contributed by atoms with van der Waals surface area (Å²) in [6, 6.07) is 0. The van der Waals surface area contributed by atoms with Crippen molar-refractivity contribution in [2.45, 2.75) is 32.5 Å². The molecule has 0 fully saturated rings. The van der Waals surface area contributed by atoms with Crippen LogP contribution < -0.4 is 0 Å². The van der Waals surface area contributed by atoms with Crippen LogP contribution in [0, 0.1) is 0 Å². The first-order valence-corrected chi connectivity index (χ1v) is 5.88. The van der Waals surface area contributed by atoms with Gasteiger partial charge >= 0.3 is 0 Å². The average Bonchev–Trinajstić information content (AvgIpc) is 3.09. The summed E-state index contributed by atoms with van der Waals surface area (Å²) in [5.41, 5.74) is 1.58. The molecular formula is C13H24O6. The molecule has 0 bridgehead atoms. The molecule has 2 aliphatic rings. The second-order valence-electron chi connectivity index (χ2n) is 4.02. The Hall–Kier alpha value is -1.08. The van der Waals surface area contributed by atoms with Gasteiger partial charge in [-0.05, 0) is 11.1 Å². The molecule has 2 atom stereocenters. The Morgan fingerprint density at radius 3 is 1.47 bits per heavy atom. The number of hydrogen-bond acceptors (Lipinski definition) is 6. The zero-order valence-electron chi connectivity index (χ0n) is 10.2. The van der Waals surface area contributed by atoms with E-state index in [1.54, 1.807) is 0 Å². The van der Waals surface area contributed by atoms with Crippen molar-refractivity contribution in [1.29, 1.82) is 0 Å². The standard InChI is InChI=1S/2C6H10O3.CH4/c2*7-3-6(8)5-1-2-9-4-5;/h2*4,6-8H,1-3H2;1H4/t2*6-;/m10./s1. The number of ether oxygens (including phenoxy) is 2. The zero-order valence-corrected chi connectivity index (χ0v) is 10.2. The van der Waals surface area contributed by atoms with Gasteiger partial charge in [0.25, 0.3) is 0 Å². The number of rotatable bonds is 4. The molecule has 19 heavy (non-hydrogen) atoms. The van der Waals surface area contributed by atoms with Crippen LogP contribution in [0.4, 0.5) is 0 Å². The lowest BCUT2D eigenvalue weighted by molar-refractivity contribution is 0.121. The quantitative estimate of drug-likeness (QED) is 0.573. The molecule has 2 rings (SSSR count). The Kier molecular flexibility index (Phi) is 9.24. The Bertz CT molecular complexity index is 270. The van der Waals surface area contributed by atoms with Gasteiger partial charge in [0.05, 0.1) is 39.0 Å². The van der Waals surface area contributed by atoms with Crippen molar-refractivity contribution in [3.8, 4) is 0 Å². The third-order valence-corrected chi connectivity index (χ3v) is 2.69. The van der Waals surface area contributed by atoms with Crippen LogP contribution >= 0.6 is 0 Å². The van der Waals surface area contributed by atoms with Crippen molar-refractivity contribution in [2.24, 2.45) is 0 Å². The minimum absolute atomic E-state index is 0. The molecular weight excluding hydrogens is 252 g/mol. The molecule has 112 valence electrons. The van der Waals surface area contributed by atoms with E-state index in [-0.39, 0.29) is 20.6 Å². The molecule has 2 heterocycles. The van der Waals surface area contributed by atoms with Crippen LogP contribution in [-0.2, 0) is 9.47 Å². The molecule has 0 aromatic heterocycles. The topological polar surface area (TPSA) is 99.4 Å². The predicted octanol–water partition coefficient (Wildman–Crippen LogP) is -0.0763. The Labute approximate surface area is 113 Å². The van der Waals surface area contributed by atoms with E-state index >= 15 is 0 Å². The third-order valence-electron chi connectivity index (χ3n) is 2.69. The number of hydrogen-bond donors (Lipinski definition) is 4. The molecule has 6 nitrogen and oxygen atoms in total. The van der Waals surface area contributed by atoms with E-state index in [4.69, 9.17) is 29.9 Å². The van der Waals surface area contributed by atoms with Crippen molar-refractivity contribution in [2.75, 3.05) is 26.4 Å². The zero-order chi connectivity index (χ0) is 13.4. The summed E-state index contributed by atoms with van der Waals surface area (Å²) in [6.07, 6.45) is 3.07. The summed E-state index contributed by atoms with van der Waals surface area (Å²) in [5.74, 6) is 0. The van der Waals surface area contributed by atoms with Gasteiger partial charge in [0.2, 0.25) is 0 Å². The molecule has 0 saturated heterocycles. The highest BCUT2D eigenvalue weighted by atomic mass is 16.5. The first kappa shape index (κ1) is 17.9. The molecule has 0 aromatic carbocycles. The Balaban J connectivity index is 0.000000324. The highest BCUT2D eigenvalue weighted by molar-refractivity contribution is 5.08. The Morgan fingerprint density at radius 1 is 0.895 bits per heavy atom. The van der Waals surface area contributed by atoms with Gasteiger partial charge in [-0.1, -0.05) is 7.43 Å². The maximum atomic E-state index is 8.96. The molecule has 4 N–H and O–H groups in total. The molecule has 0 spiro atoms. The summed E-state index contributed by atoms with van der Waals surface area (Å²) in [5, 5.41) is 34.8. The maximum absolute atomic E-state index is 8.96. The molecule has 0 unspecified atom stereocenters. The molecule has 2 aliphatic heterocycles. The normalized spacial score (nSPS) is 19.8. The van der Waals surface area contributed by atoms with Gasteiger partial charge in [0.15, 0.2) is 0 Å². The molecule has 0 saturated carbocycles. The molecule has 0 aromatic rings. The van der Waals surface area contributed by atoms with E-state index < -0.39 is 12.2 Å². The predicted molar refractivity (Wildman–Crippen MR) is 70.2 cm³/mol. The van der Waals surface area contributed by atoms with Crippen molar-refractivity contribution < 1.29 is 29.9 Å². The first-order valence-electron chi connectivity index (χ1n) is 5.88. The van der Waals surface area contributed by atoms with Gasteiger partial charge < -0.3 is 29.9 Å². The van der Waals surface area contributed by atoms with Gasteiger partial charge in [-0.2, -0.15) is 0 Å². The van der Waals surface area contributed by atoms with E-state index in [9.17, 15) is 0 Å². The van der Waals surface area contributed by atoms with Gasteiger partial charge in [-0.3, -0.25) is 0 Å². The van der Waals surface area contributed by atoms with Crippen LogP contribution in [0.5, 0.6) is 0 Å². The summed E-state index contributed by atoms with van der Waals surface area (Å²) in [7, 11) is 0. The molecule has 6 heteroatoms. The lowest BCUT2D eigenvalue weighted by atomic mass is 10.1. The number of aliphatic hydroxyl groups excluding tert-OH is 4. The minimum Gasteiger partial charge on any atom is -0.501 e. The van der Waals surface area contributed by atoms with Gasteiger partial charge in [0.1, 0.15) is 12.2 Å². The summed E-state index contributed by atoms with van der Waals surface area (Å²) in [4.78, 5) is 0. The first-order chi connectivity index (χ1) is 8.69. The monoisotopic (exact) mass is 276 g/mol. The van der Waals surface area contributed by atoms with Crippen molar-refractivity contribution >= 4 is 0 Å². The van der Waals surface area contributed by atoms with Crippen molar-refractivity contribution in [3.05, 3.63) is 23.7 Å². The highest BCUT2D eigenvalue weighted by Crippen LogP contribution is 2.14. The van der Waals surface area contributed by atoms with Crippen molar-refractivity contribution in [3.63, 3.8) is 0 Å². The van der Waals surface area contributed by atoms with E-state index in [2.05, 4.69) is 0 Å². The van der Waals surface area contributed by atoms with Crippen LogP contribution in [0.1, 0.15) is 20.3 Å². The highest BCUT2D eigenvalue weighted by Gasteiger charge is 2.14. The maximum Gasteiger partial charge on any atom is 0.101 e. The third kappa shape index (κ3) is 6.07. The van der Waals surface area contributed by atoms with Crippen LogP contribution in [0.15, 0.2) is 23.7 Å². The SMILES string of the molecule is C.OC[C@@H](O)C1=COCC1.OC[C@H](O)C1=COCC1. The second kappa shape index (κ2) is 9.80. The molecule has 0 aliphatic carbocycles. The summed E-state index contributed by atoms with van der Waals surface area (Å²) < 4.78 is 9.69. The van der Waals surface area contributed by atoms with Gasteiger partial charge in [-0.25, -0.2) is 0 Å². The van der Waals surface area contributed by atoms with Gasteiger partial charge in [0, 0.05) is 12.8 Å². The van der Waals surface area contributed by atoms with E-state index in [0.717, 1.165) is 24.0 Å². The smallest absolute Gasteiger partial charge is 0.101 e. The van der Waals surface area contributed by atoms with Crippen LogP contribution in [0.3, 0.4) is 0 Å².